The average molecular weight is 255 g/mol. The molecule has 3 N–H and O–H groups in total. The van der Waals surface area contributed by atoms with Crippen molar-refractivity contribution in [1.82, 2.24) is 5.32 Å². The van der Waals surface area contributed by atoms with E-state index >= 15 is 0 Å². The second-order valence-electron chi connectivity index (χ2n) is 3.41. The van der Waals surface area contributed by atoms with Gasteiger partial charge in [0.15, 0.2) is 0 Å². The van der Waals surface area contributed by atoms with Gasteiger partial charge in [0.05, 0.1) is 0 Å². The van der Waals surface area contributed by atoms with Crippen LogP contribution in [0.5, 0.6) is 0 Å². The Morgan fingerprint density at radius 2 is 2.36 bits per heavy atom. The minimum atomic E-state index is -0.0250. The highest BCUT2D eigenvalue weighted by Crippen LogP contribution is 2.20. The van der Waals surface area contributed by atoms with Gasteiger partial charge < -0.3 is 11.1 Å². The van der Waals surface area contributed by atoms with Crippen LogP contribution in [0.4, 0.5) is 0 Å². The molecule has 1 atom stereocenters. The van der Waals surface area contributed by atoms with Crippen molar-refractivity contribution in [1.29, 1.82) is 0 Å². The first kappa shape index (κ1) is 9.68. The van der Waals surface area contributed by atoms with Crippen molar-refractivity contribution in [3.63, 3.8) is 0 Å². The van der Waals surface area contributed by atoms with Gasteiger partial charge in [-0.3, -0.25) is 4.79 Å². The predicted octanol–water partition coefficient (Wildman–Crippen LogP) is 1.06. The summed E-state index contributed by atoms with van der Waals surface area (Å²) in [5.74, 6) is -0.0250. The Hall–Kier alpha value is -0.870. The molecule has 0 saturated carbocycles. The maximum Gasteiger partial charge on any atom is 0.251 e. The topological polar surface area (TPSA) is 55.1 Å². The minimum Gasteiger partial charge on any atom is -0.348 e. The monoisotopic (exact) mass is 254 g/mol. The van der Waals surface area contributed by atoms with Gasteiger partial charge in [-0.2, -0.15) is 0 Å². The summed E-state index contributed by atoms with van der Waals surface area (Å²) in [4.78, 5) is 11.6. The third-order valence-electron chi connectivity index (χ3n) is 2.40. The zero-order chi connectivity index (χ0) is 10.1. The van der Waals surface area contributed by atoms with E-state index in [9.17, 15) is 4.79 Å². The van der Waals surface area contributed by atoms with Gasteiger partial charge in [-0.15, -0.1) is 0 Å². The highest BCUT2D eigenvalue weighted by molar-refractivity contribution is 9.10. The normalized spacial score (nSPS) is 20.1. The molecule has 14 heavy (non-hydrogen) atoms. The Labute approximate surface area is 90.8 Å². The van der Waals surface area contributed by atoms with Crippen LogP contribution in [0.25, 0.3) is 0 Å². The van der Waals surface area contributed by atoms with Gasteiger partial charge in [-0.05, 0) is 24.1 Å². The van der Waals surface area contributed by atoms with Crippen LogP contribution < -0.4 is 11.1 Å². The summed E-state index contributed by atoms with van der Waals surface area (Å²) in [7, 11) is 0. The van der Waals surface area contributed by atoms with Crippen molar-refractivity contribution >= 4 is 21.8 Å². The molecule has 0 aromatic heterocycles. The van der Waals surface area contributed by atoms with Crippen LogP contribution in [-0.2, 0) is 6.42 Å². The lowest BCUT2D eigenvalue weighted by atomic mass is 9.95. The molecular formula is C10H11BrN2O. The molecule has 1 aliphatic rings. The highest BCUT2D eigenvalue weighted by atomic mass is 79.9. The van der Waals surface area contributed by atoms with Gasteiger partial charge in [0.25, 0.3) is 5.91 Å². The number of hydrogen-bond acceptors (Lipinski definition) is 2. The van der Waals surface area contributed by atoms with Crippen LogP contribution in [0, 0.1) is 0 Å². The number of hydrogen-bond donors (Lipinski definition) is 2. The Kier molecular flexibility index (Phi) is 2.56. The highest BCUT2D eigenvalue weighted by Gasteiger charge is 2.22. The van der Waals surface area contributed by atoms with Gasteiger partial charge in [0.1, 0.15) is 0 Å². The Morgan fingerprint density at radius 1 is 1.57 bits per heavy atom. The maximum absolute atomic E-state index is 11.6. The number of nitrogens with one attached hydrogen (secondary N) is 1. The Balaban J connectivity index is 2.40. The number of fused-ring (bicyclic) bond motifs is 1. The lowest BCUT2D eigenvalue weighted by Crippen LogP contribution is -2.45. The van der Waals surface area contributed by atoms with Crippen LogP contribution >= 0.6 is 15.9 Å². The molecule has 1 aliphatic heterocycles. The summed E-state index contributed by atoms with van der Waals surface area (Å²) in [6.45, 7) is 0.487. The summed E-state index contributed by atoms with van der Waals surface area (Å²) >= 11 is 3.35. The standard InChI is InChI=1S/C10H11BrN2O/c11-7-2-1-6-3-8(5-12)13-10(14)9(6)4-7/h1-2,4,8H,3,5,12H2,(H,13,14). The molecule has 0 radical (unpaired) electrons. The van der Waals surface area contributed by atoms with E-state index < -0.39 is 0 Å². The number of halogens is 1. The van der Waals surface area contributed by atoms with Crippen LogP contribution in [-0.4, -0.2) is 18.5 Å². The summed E-state index contributed by atoms with van der Waals surface area (Å²) in [6.07, 6.45) is 0.824. The van der Waals surface area contributed by atoms with E-state index in [1.165, 1.54) is 0 Å². The van der Waals surface area contributed by atoms with Gasteiger partial charge in [0, 0.05) is 22.6 Å². The van der Waals surface area contributed by atoms with Crippen LogP contribution in [0.1, 0.15) is 15.9 Å². The number of rotatable bonds is 1. The average Bonchev–Trinajstić information content (AvgIpc) is 2.19. The predicted molar refractivity (Wildman–Crippen MR) is 58.2 cm³/mol. The van der Waals surface area contributed by atoms with Crippen molar-refractivity contribution in [2.75, 3.05) is 6.54 Å². The molecule has 0 bridgehead atoms. The van der Waals surface area contributed by atoms with Crippen molar-refractivity contribution in [3.8, 4) is 0 Å². The molecule has 1 aromatic carbocycles. The molecule has 2 rings (SSSR count). The second kappa shape index (κ2) is 3.71. The molecule has 3 nitrogen and oxygen atoms in total. The first-order chi connectivity index (χ1) is 6.70. The van der Waals surface area contributed by atoms with Gasteiger partial charge in [-0.25, -0.2) is 0 Å². The Morgan fingerprint density at radius 3 is 3.07 bits per heavy atom. The zero-order valence-electron chi connectivity index (χ0n) is 7.59. The molecule has 1 unspecified atom stereocenters. The van der Waals surface area contributed by atoms with Crippen LogP contribution in [0.3, 0.4) is 0 Å². The van der Waals surface area contributed by atoms with E-state index in [2.05, 4.69) is 21.2 Å². The first-order valence-electron chi connectivity index (χ1n) is 4.50. The summed E-state index contributed by atoms with van der Waals surface area (Å²) in [5.41, 5.74) is 7.36. The van der Waals surface area contributed by atoms with Gasteiger partial charge in [-0.1, -0.05) is 22.0 Å². The lowest BCUT2D eigenvalue weighted by molar-refractivity contribution is 0.0927. The van der Waals surface area contributed by atoms with Gasteiger partial charge >= 0.3 is 0 Å². The molecule has 0 fully saturated rings. The fourth-order valence-electron chi connectivity index (χ4n) is 1.66. The van der Waals surface area contributed by atoms with E-state index in [4.69, 9.17) is 5.73 Å². The van der Waals surface area contributed by atoms with Gasteiger partial charge in [0.2, 0.25) is 0 Å². The molecule has 1 amide bonds. The summed E-state index contributed by atoms with van der Waals surface area (Å²) in [6, 6.07) is 5.85. The van der Waals surface area contributed by atoms with Crippen LogP contribution in [0.2, 0.25) is 0 Å². The number of carbonyl (C=O) groups excluding carboxylic acids is 1. The number of benzene rings is 1. The third-order valence-corrected chi connectivity index (χ3v) is 2.90. The summed E-state index contributed by atoms with van der Waals surface area (Å²) in [5, 5.41) is 2.86. The molecule has 1 heterocycles. The molecule has 0 saturated heterocycles. The second-order valence-corrected chi connectivity index (χ2v) is 4.33. The smallest absolute Gasteiger partial charge is 0.251 e. The van der Waals surface area contributed by atoms with Crippen LogP contribution in [0.15, 0.2) is 22.7 Å². The van der Waals surface area contributed by atoms with Crippen molar-refractivity contribution in [3.05, 3.63) is 33.8 Å². The molecular weight excluding hydrogens is 244 g/mol. The SMILES string of the molecule is NCC1Cc2ccc(Br)cc2C(=O)N1. The molecule has 0 spiro atoms. The molecule has 4 heteroatoms. The summed E-state index contributed by atoms with van der Waals surface area (Å²) < 4.78 is 0.928. The fraction of sp³-hybridized carbons (Fsp3) is 0.300. The molecule has 74 valence electrons. The maximum atomic E-state index is 11.6. The minimum absolute atomic E-state index is 0.0250. The van der Waals surface area contributed by atoms with E-state index in [0.29, 0.717) is 6.54 Å². The van der Waals surface area contributed by atoms with Crippen molar-refractivity contribution < 1.29 is 4.79 Å². The fourth-order valence-corrected chi connectivity index (χ4v) is 2.02. The lowest BCUT2D eigenvalue weighted by Gasteiger charge is -2.24. The quantitative estimate of drug-likeness (QED) is 0.788. The van der Waals surface area contributed by atoms with E-state index in [0.717, 1.165) is 22.0 Å². The largest absolute Gasteiger partial charge is 0.348 e. The van der Waals surface area contributed by atoms with Crippen molar-refractivity contribution in [2.24, 2.45) is 5.73 Å². The molecule has 0 aliphatic carbocycles. The number of amides is 1. The number of nitrogens with two attached hydrogens (primary N) is 1. The molecule has 1 aromatic rings. The van der Waals surface area contributed by atoms with Crippen molar-refractivity contribution in [2.45, 2.75) is 12.5 Å². The van der Waals surface area contributed by atoms with E-state index in [-0.39, 0.29) is 11.9 Å². The Bertz CT molecular complexity index is 378. The first-order valence-corrected chi connectivity index (χ1v) is 5.29. The zero-order valence-corrected chi connectivity index (χ0v) is 9.17. The van der Waals surface area contributed by atoms with E-state index in [1.807, 2.05) is 18.2 Å². The number of carbonyl (C=O) groups is 1. The third kappa shape index (κ3) is 1.67. The van der Waals surface area contributed by atoms with E-state index in [1.54, 1.807) is 0 Å².